The van der Waals surface area contributed by atoms with Crippen LogP contribution >= 0.6 is 0 Å². The first kappa shape index (κ1) is 31.0. The third-order valence-corrected chi connectivity index (χ3v) is 7.21. The molecule has 1 aliphatic rings. The minimum Gasteiger partial charge on any atom is -0.508 e. The van der Waals surface area contributed by atoms with Gasteiger partial charge in [0.2, 0.25) is 5.91 Å². The van der Waals surface area contributed by atoms with Crippen molar-refractivity contribution < 1.29 is 24.2 Å². The number of ether oxygens (including phenoxy) is 1. The number of amides is 3. The van der Waals surface area contributed by atoms with Crippen LogP contribution in [0, 0.1) is 26.7 Å². The lowest BCUT2D eigenvalue weighted by Crippen LogP contribution is -2.57. The van der Waals surface area contributed by atoms with Crippen molar-refractivity contribution in [3.63, 3.8) is 0 Å². The van der Waals surface area contributed by atoms with Gasteiger partial charge in [0.05, 0.1) is 0 Å². The minimum absolute atomic E-state index is 0.102. The number of hydrogen-bond acceptors (Lipinski definition) is 5. The molecule has 0 heterocycles. The van der Waals surface area contributed by atoms with Crippen LogP contribution < -0.4 is 10.6 Å². The number of phenols is 1. The molecule has 8 nitrogen and oxygen atoms in total. The number of carbonyl (C=O) groups is 3. The quantitative estimate of drug-likeness (QED) is 0.338. The van der Waals surface area contributed by atoms with E-state index in [4.69, 9.17) is 4.74 Å². The van der Waals surface area contributed by atoms with Crippen molar-refractivity contribution in [1.29, 1.82) is 0 Å². The normalized spacial score (nSPS) is 15.1. The molecular weight excluding hydrogens is 506 g/mol. The van der Waals surface area contributed by atoms with Crippen molar-refractivity contribution in [3.8, 4) is 5.75 Å². The monoisotopic (exact) mass is 551 g/mol. The molecule has 1 aliphatic carbocycles. The average molecular weight is 552 g/mol. The first-order chi connectivity index (χ1) is 18.7. The number of aromatic hydroxyl groups is 1. The smallest absolute Gasteiger partial charge is 0.408 e. The van der Waals surface area contributed by atoms with Gasteiger partial charge in [0, 0.05) is 11.7 Å². The number of hydrogen-bond donors (Lipinski definition) is 3. The van der Waals surface area contributed by atoms with Gasteiger partial charge in [0.25, 0.3) is 5.91 Å². The van der Waals surface area contributed by atoms with Crippen LogP contribution in [0.2, 0.25) is 0 Å². The fraction of sp³-hybridized carbons (Fsp3) is 0.531. The van der Waals surface area contributed by atoms with Crippen LogP contribution in [-0.4, -0.2) is 45.6 Å². The maximum Gasteiger partial charge on any atom is 0.408 e. The average Bonchev–Trinajstić information content (AvgIpc) is 2.79. The Labute approximate surface area is 238 Å². The van der Waals surface area contributed by atoms with Gasteiger partial charge in [-0.05, 0) is 108 Å². The lowest BCUT2D eigenvalue weighted by Gasteiger charge is -2.44. The zero-order valence-corrected chi connectivity index (χ0v) is 25.1. The van der Waals surface area contributed by atoms with Gasteiger partial charge >= 0.3 is 6.09 Å². The molecule has 218 valence electrons. The van der Waals surface area contributed by atoms with Crippen LogP contribution in [0.1, 0.15) is 88.6 Å². The fourth-order valence-corrected chi connectivity index (χ4v) is 5.00. The number of carbonyl (C=O) groups excluding carboxylic acids is 3. The zero-order valence-electron chi connectivity index (χ0n) is 25.1. The largest absolute Gasteiger partial charge is 0.508 e. The molecule has 2 unspecified atom stereocenters. The van der Waals surface area contributed by atoms with Gasteiger partial charge in [-0.3, -0.25) is 9.59 Å². The van der Waals surface area contributed by atoms with Crippen molar-refractivity contribution in [1.82, 2.24) is 10.2 Å². The standard InChI is InChI=1S/C32H45N3O5/c1-19(2)17-25(33-31(39)40-32(6,7)8)30(38)35(24-13-10-14-24)28(23-15-16-26(36)22(5)18-23)29(37)34-27-20(3)11-9-12-21(27)4/h9,11-12,15-16,18-19,24-25,28,36H,10,13-14,17H2,1-8H3,(H,33,39)(H,34,37). The minimum atomic E-state index is -0.966. The van der Waals surface area contributed by atoms with E-state index >= 15 is 0 Å². The fourth-order valence-electron chi connectivity index (χ4n) is 5.00. The summed E-state index contributed by atoms with van der Waals surface area (Å²) in [5.74, 6) is -0.451. The van der Waals surface area contributed by atoms with E-state index in [1.54, 1.807) is 50.8 Å². The molecule has 0 radical (unpaired) electrons. The summed E-state index contributed by atoms with van der Waals surface area (Å²) < 4.78 is 5.48. The van der Waals surface area contributed by atoms with E-state index < -0.39 is 23.8 Å². The van der Waals surface area contributed by atoms with Crippen LogP contribution in [0.25, 0.3) is 0 Å². The van der Waals surface area contributed by atoms with Crippen LogP contribution in [0.15, 0.2) is 36.4 Å². The lowest BCUT2D eigenvalue weighted by molar-refractivity contribution is -0.146. The van der Waals surface area contributed by atoms with Gasteiger partial charge in [-0.15, -0.1) is 0 Å². The number of benzene rings is 2. The number of alkyl carbamates (subject to hydrolysis) is 1. The summed E-state index contributed by atoms with van der Waals surface area (Å²) in [4.78, 5) is 43.0. The Kier molecular flexibility index (Phi) is 9.87. The van der Waals surface area contributed by atoms with Gasteiger partial charge in [0.15, 0.2) is 0 Å². The highest BCUT2D eigenvalue weighted by molar-refractivity contribution is 6.00. The Morgan fingerprint density at radius 2 is 1.65 bits per heavy atom. The van der Waals surface area contributed by atoms with Gasteiger partial charge in [-0.2, -0.15) is 0 Å². The molecule has 0 spiro atoms. The van der Waals surface area contributed by atoms with Crippen molar-refractivity contribution in [2.75, 3.05) is 5.32 Å². The SMILES string of the molecule is Cc1cc(C(C(=O)Nc2c(C)cccc2C)N(C(=O)C(CC(C)C)NC(=O)OC(C)(C)C)C2CCC2)ccc1O. The summed E-state index contributed by atoms with van der Waals surface area (Å²) >= 11 is 0. The van der Waals surface area contributed by atoms with Gasteiger partial charge < -0.3 is 25.4 Å². The van der Waals surface area contributed by atoms with Crippen LogP contribution in [0.3, 0.4) is 0 Å². The second-order valence-electron chi connectivity index (χ2n) is 12.4. The topological polar surface area (TPSA) is 108 Å². The molecule has 1 fully saturated rings. The molecule has 0 bridgehead atoms. The van der Waals surface area contributed by atoms with Crippen molar-refractivity contribution in [2.24, 2.45) is 5.92 Å². The Morgan fingerprint density at radius 1 is 1.02 bits per heavy atom. The van der Waals surface area contributed by atoms with Crippen LogP contribution in [-0.2, 0) is 14.3 Å². The summed E-state index contributed by atoms with van der Waals surface area (Å²) in [5, 5.41) is 16.1. The number of anilines is 1. The highest BCUT2D eigenvalue weighted by Crippen LogP contribution is 2.36. The summed E-state index contributed by atoms with van der Waals surface area (Å²) in [6, 6.07) is 8.79. The zero-order chi connectivity index (χ0) is 29.8. The van der Waals surface area contributed by atoms with Crippen LogP contribution in [0.5, 0.6) is 5.75 Å². The predicted octanol–water partition coefficient (Wildman–Crippen LogP) is 6.32. The summed E-state index contributed by atoms with van der Waals surface area (Å²) in [7, 11) is 0. The maximum atomic E-state index is 14.4. The van der Waals surface area contributed by atoms with E-state index in [9.17, 15) is 19.5 Å². The van der Waals surface area contributed by atoms with Gasteiger partial charge in [-0.25, -0.2) is 4.79 Å². The molecule has 0 aromatic heterocycles. The molecule has 8 heteroatoms. The van der Waals surface area contributed by atoms with Gasteiger partial charge in [-0.1, -0.05) is 38.1 Å². The van der Waals surface area contributed by atoms with Crippen molar-refractivity contribution in [3.05, 3.63) is 58.7 Å². The first-order valence-electron chi connectivity index (χ1n) is 14.2. The van der Waals surface area contributed by atoms with E-state index in [2.05, 4.69) is 10.6 Å². The molecule has 3 rings (SSSR count). The van der Waals surface area contributed by atoms with Crippen molar-refractivity contribution in [2.45, 2.75) is 105 Å². The van der Waals surface area contributed by atoms with E-state index in [-0.39, 0.29) is 29.5 Å². The Hall–Kier alpha value is -3.55. The Balaban J connectivity index is 2.08. The number of aryl methyl sites for hydroxylation is 3. The second kappa shape index (κ2) is 12.7. The molecule has 0 aliphatic heterocycles. The number of nitrogens with one attached hydrogen (secondary N) is 2. The van der Waals surface area contributed by atoms with Crippen molar-refractivity contribution >= 4 is 23.6 Å². The number of nitrogens with zero attached hydrogens (tertiary/aromatic N) is 1. The van der Waals surface area contributed by atoms with Crippen LogP contribution in [0.4, 0.5) is 10.5 Å². The molecular formula is C32H45N3O5. The third kappa shape index (κ3) is 7.77. The summed E-state index contributed by atoms with van der Waals surface area (Å²) in [6.45, 7) is 14.9. The number of rotatable bonds is 9. The van der Waals surface area contributed by atoms with E-state index in [0.717, 1.165) is 30.4 Å². The lowest BCUT2D eigenvalue weighted by atomic mass is 9.87. The molecule has 3 amide bonds. The Bertz CT molecular complexity index is 1210. The second-order valence-corrected chi connectivity index (χ2v) is 12.4. The molecule has 3 N–H and O–H groups in total. The van der Waals surface area contributed by atoms with Gasteiger partial charge in [0.1, 0.15) is 23.4 Å². The number of phenolic OH excluding ortho intramolecular Hbond substituents is 1. The summed E-state index contributed by atoms with van der Waals surface area (Å²) in [6.07, 6.45) is 2.19. The van der Waals surface area contributed by atoms with E-state index in [0.29, 0.717) is 23.2 Å². The molecule has 40 heavy (non-hydrogen) atoms. The molecule has 1 saturated carbocycles. The van der Waals surface area contributed by atoms with E-state index in [1.165, 1.54) is 0 Å². The third-order valence-electron chi connectivity index (χ3n) is 7.21. The highest BCUT2D eigenvalue weighted by atomic mass is 16.6. The number of para-hydroxylation sites is 1. The highest BCUT2D eigenvalue weighted by Gasteiger charge is 2.42. The first-order valence-corrected chi connectivity index (χ1v) is 14.2. The predicted molar refractivity (Wildman–Crippen MR) is 157 cm³/mol. The molecule has 2 atom stereocenters. The summed E-state index contributed by atoms with van der Waals surface area (Å²) in [5.41, 5.74) is 3.02. The molecule has 0 saturated heterocycles. The molecule has 2 aromatic rings. The molecule has 2 aromatic carbocycles. The Morgan fingerprint density at radius 3 is 2.15 bits per heavy atom. The maximum absolute atomic E-state index is 14.4. The van der Waals surface area contributed by atoms with E-state index in [1.807, 2.05) is 45.9 Å².